The first-order valence-electron chi connectivity index (χ1n) is 7.20. The summed E-state index contributed by atoms with van der Waals surface area (Å²) in [5.41, 5.74) is 5.42. The molecular formula is C13H25Cl2N5O2. The van der Waals surface area contributed by atoms with Gasteiger partial charge in [-0.3, -0.25) is 9.69 Å². The van der Waals surface area contributed by atoms with Crippen molar-refractivity contribution in [3.8, 4) is 0 Å². The number of hydrogen-bond acceptors (Lipinski definition) is 6. The number of halogens is 2. The number of amides is 1. The number of carbonyl (C=O) groups is 1. The third-order valence-electron chi connectivity index (χ3n) is 3.73. The van der Waals surface area contributed by atoms with Crippen LogP contribution in [0.15, 0.2) is 4.52 Å². The Labute approximate surface area is 143 Å². The molecule has 0 bridgehead atoms. The van der Waals surface area contributed by atoms with E-state index in [9.17, 15) is 4.79 Å². The maximum absolute atomic E-state index is 11.8. The van der Waals surface area contributed by atoms with E-state index in [0.29, 0.717) is 18.9 Å². The summed E-state index contributed by atoms with van der Waals surface area (Å²) >= 11 is 0. The van der Waals surface area contributed by atoms with Crippen LogP contribution in [0.4, 0.5) is 0 Å². The standard InChI is InChI=1S/C13H23N5O2.2ClH/c1-3-11-15-13(20-16-11)10(2)17-6-8-18(9-7-17)12(19)4-5-14;;/h10H,3-9,14H2,1-2H3;2*1H. The number of aryl methyl sites for hydroxylation is 1. The fourth-order valence-electron chi connectivity index (χ4n) is 2.38. The molecule has 1 fully saturated rings. The SMILES string of the molecule is CCc1noc(C(C)N2CCN(C(=O)CCN)CC2)n1.Cl.Cl. The molecule has 2 rings (SSSR count). The number of aromatic nitrogens is 2. The van der Waals surface area contributed by atoms with Crippen LogP contribution in [-0.2, 0) is 11.2 Å². The molecule has 128 valence electrons. The summed E-state index contributed by atoms with van der Waals surface area (Å²) in [4.78, 5) is 20.3. The van der Waals surface area contributed by atoms with Crippen LogP contribution in [0.5, 0.6) is 0 Å². The fourth-order valence-corrected chi connectivity index (χ4v) is 2.38. The van der Waals surface area contributed by atoms with Crippen LogP contribution in [0.1, 0.15) is 38.0 Å². The molecule has 1 aromatic heterocycles. The minimum Gasteiger partial charge on any atom is -0.340 e. The molecule has 1 amide bonds. The highest BCUT2D eigenvalue weighted by Crippen LogP contribution is 2.20. The lowest BCUT2D eigenvalue weighted by Gasteiger charge is -2.36. The molecule has 2 N–H and O–H groups in total. The van der Waals surface area contributed by atoms with Crippen molar-refractivity contribution in [2.24, 2.45) is 5.73 Å². The van der Waals surface area contributed by atoms with E-state index in [1.54, 1.807) is 0 Å². The van der Waals surface area contributed by atoms with Gasteiger partial charge in [0.2, 0.25) is 11.8 Å². The molecule has 9 heteroatoms. The zero-order chi connectivity index (χ0) is 14.5. The molecule has 0 aromatic carbocycles. The van der Waals surface area contributed by atoms with E-state index in [2.05, 4.69) is 22.0 Å². The van der Waals surface area contributed by atoms with E-state index < -0.39 is 0 Å². The minimum absolute atomic E-state index is 0. The zero-order valence-electron chi connectivity index (χ0n) is 13.0. The number of nitrogens with two attached hydrogens (primary N) is 1. The lowest BCUT2D eigenvalue weighted by Crippen LogP contribution is -2.49. The molecule has 1 atom stereocenters. The Morgan fingerprint density at radius 2 is 1.95 bits per heavy atom. The second kappa shape index (κ2) is 9.99. The van der Waals surface area contributed by atoms with Gasteiger partial charge in [0.05, 0.1) is 6.04 Å². The Morgan fingerprint density at radius 1 is 1.32 bits per heavy atom. The van der Waals surface area contributed by atoms with Gasteiger partial charge in [-0.05, 0) is 6.92 Å². The van der Waals surface area contributed by atoms with Crippen molar-refractivity contribution in [3.63, 3.8) is 0 Å². The van der Waals surface area contributed by atoms with Gasteiger partial charge in [0.1, 0.15) is 0 Å². The van der Waals surface area contributed by atoms with E-state index >= 15 is 0 Å². The fraction of sp³-hybridized carbons (Fsp3) is 0.769. The smallest absolute Gasteiger partial charge is 0.243 e. The summed E-state index contributed by atoms with van der Waals surface area (Å²) in [7, 11) is 0. The van der Waals surface area contributed by atoms with E-state index in [1.165, 1.54) is 0 Å². The van der Waals surface area contributed by atoms with Crippen molar-refractivity contribution in [1.29, 1.82) is 0 Å². The van der Waals surface area contributed by atoms with Crippen molar-refractivity contribution >= 4 is 30.7 Å². The highest BCUT2D eigenvalue weighted by atomic mass is 35.5. The lowest BCUT2D eigenvalue weighted by atomic mass is 10.2. The number of carbonyl (C=O) groups excluding carboxylic acids is 1. The van der Waals surface area contributed by atoms with Crippen LogP contribution in [0.25, 0.3) is 0 Å². The summed E-state index contributed by atoms with van der Waals surface area (Å²) in [5, 5.41) is 3.93. The van der Waals surface area contributed by atoms with Crippen LogP contribution in [-0.4, -0.2) is 58.6 Å². The third kappa shape index (κ3) is 5.08. The summed E-state index contributed by atoms with van der Waals surface area (Å²) in [6, 6.07) is 0.0922. The van der Waals surface area contributed by atoms with E-state index in [-0.39, 0.29) is 36.8 Å². The molecule has 1 aromatic rings. The highest BCUT2D eigenvalue weighted by Gasteiger charge is 2.27. The molecular weight excluding hydrogens is 329 g/mol. The van der Waals surface area contributed by atoms with E-state index in [0.717, 1.165) is 38.4 Å². The maximum Gasteiger partial charge on any atom is 0.243 e. The van der Waals surface area contributed by atoms with Crippen molar-refractivity contribution in [2.45, 2.75) is 32.7 Å². The quantitative estimate of drug-likeness (QED) is 0.850. The molecule has 1 unspecified atom stereocenters. The number of rotatable bonds is 5. The second-order valence-electron chi connectivity index (χ2n) is 5.03. The molecule has 22 heavy (non-hydrogen) atoms. The molecule has 1 saturated heterocycles. The molecule has 0 saturated carbocycles. The van der Waals surface area contributed by atoms with Gasteiger partial charge in [0, 0.05) is 45.6 Å². The monoisotopic (exact) mass is 353 g/mol. The summed E-state index contributed by atoms with van der Waals surface area (Å²) < 4.78 is 5.28. The molecule has 0 aliphatic carbocycles. The van der Waals surface area contributed by atoms with Crippen molar-refractivity contribution in [1.82, 2.24) is 19.9 Å². The average molecular weight is 354 g/mol. The molecule has 1 aliphatic heterocycles. The zero-order valence-corrected chi connectivity index (χ0v) is 14.7. The first kappa shape index (κ1) is 21.1. The molecule has 1 aliphatic rings. The van der Waals surface area contributed by atoms with Crippen LogP contribution < -0.4 is 5.73 Å². The Balaban J connectivity index is 0.00000220. The van der Waals surface area contributed by atoms with Gasteiger partial charge in [-0.25, -0.2) is 0 Å². The summed E-state index contributed by atoms with van der Waals surface area (Å²) in [6.45, 7) is 7.58. The molecule has 0 radical (unpaired) electrons. The minimum atomic E-state index is 0. The third-order valence-corrected chi connectivity index (χ3v) is 3.73. The van der Waals surface area contributed by atoms with Crippen LogP contribution in [0.3, 0.4) is 0 Å². The number of hydrogen-bond donors (Lipinski definition) is 1. The molecule has 2 heterocycles. The van der Waals surface area contributed by atoms with Crippen molar-refractivity contribution < 1.29 is 9.32 Å². The Hall–Kier alpha value is -0.890. The van der Waals surface area contributed by atoms with Gasteiger partial charge in [-0.2, -0.15) is 4.98 Å². The highest BCUT2D eigenvalue weighted by molar-refractivity contribution is 5.85. The number of piperazine rings is 1. The first-order valence-corrected chi connectivity index (χ1v) is 7.20. The van der Waals surface area contributed by atoms with E-state index in [4.69, 9.17) is 10.3 Å². The Kier molecular flexibility index (Phi) is 9.59. The van der Waals surface area contributed by atoms with Gasteiger partial charge in [0.25, 0.3) is 0 Å². The van der Waals surface area contributed by atoms with Crippen molar-refractivity contribution in [2.75, 3.05) is 32.7 Å². The maximum atomic E-state index is 11.8. The van der Waals surface area contributed by atoms with E-state index in [1.807, 2.05) is 11.8 Å². The Bertz CT molecular complexity index is 449. The summed E-state index contributed by atoms with van der Waals surface area (Å²) in [5.74, 6) is 1.54. The first-order chi connectivity index (χ1) is 9.65. The predicted molar refractivity (Wildman–Crippen MR) is 88.4 cm³/mol. The van der Waals surface area contributed by atoms with Gasteiger partial charge < -0.3 is 15.2 Å². The van der Waals surface area contributed by atoms with Crippen LogP contribution >= 0.6 is 24.8 Å². The van der Waals surface area contributed by atoms with Crippen LogP contribution in [0, 0.1) is 0 Å². The largest absolute Gasteiger partial charge is 0.340 e. The lowest BCUT2D eigenvalue weighted by molar-refractivity contribution is -0.133. The Morgan fingerprint density at radius 3 is 2.45 bits per heavy atom. The average Bonchev–Trinajstić information content (AvgIpc) is 2.96. The number of nitrogens with zero attached hydrogens (tertiary/aromatic N) is 4. The summed E-state index contributed by atoms with van der Waals surface area (Å²) in [6.07, 6.45) is 1.21. The van der Waals surface area contributed by atoms with Gasteiger partial charge in [0.15, 0.2) is 5.82 Å². The second-order valence-corrected chi connectivity index (χ2v) is 5.03. The molecule has 0 spiro atoms. The molecule has 7 nitrogen and oxygen atoms in total. The van der Waals surface area contributed by atoms with Gasteiger partial charge in [-0.1, -0.05) is 12.1 Å². The predicted octanol–water partition coefficient (Wildman–Crippen LogP) is 1.03. The van der Waals surface area contributed by atoms with Gasteiger partial charge in [-0.15, -0.1) is 24.8 Å². The normalized spacial score (nSPS) is 16.6. The van der Waals surface area contributed by atoms with Crippen LogP contribution in [0.2, 0.25) is 0 Å². The van der Waals surface area contributed by atoms with Crippen molar-refractivity contribution in [3.05, 3.63) is 11.7 Å². The topological polar surface area (TPSA) is 88.5 Å². The van der Waals surface area contributed by atoms with Gasteiger partial charge >= 0.3 is 0 Å².